The van der Waals surface area contributed by atoms with Gasteiger partial charge in [-0.2, -0.15) is 0 Å². The zero-order chi connectivity index (χ0) is 18.6. The lowest BCUT2D eigenvalue weighted by Gasteiger charge is -2.46. The van der Waals surface area contributed by atoms with Crippen molar-refractivity contribution in [2.24, 2.45) is 0 Å². The van der Waals surface area contributed by atoms with Gasteiger partial charge in [0.15, 0.2) is 6.23 Å². The zero-order valence-electron chi connectivity index (χ0n) is 14.6. The summed E-state index contributed by atoms with van der Waals surface area (Å²) in [4.78, 5) is 14.7. The van der Waals surface area contributed by atoms with Crippen molar-refractivity contribution in [1.82, 2.24) is 31.7 Å². The fourth-order valence-corrected chi connectivity index (χ4v) is 4.50. The monoisotopic (exact) mass is 390 g/mol. The van der Waals surface area contributed by atoms with E-state index < -0.39 is 36.9 Å². The van der Waals surface area contributed by atoms with Crippen molar-refractivity contribution in [3.8, 4) is 0 Å². The molecule has 5 saturated heterocycles. The van der Waals surface area contributed by atoms with Crippen molar-refractivity contribution >= 4 is 5.97 Å². The first-order valence-electron chi connectivity index (χ1n) is 9.40. The maximum atomic E-state index is 13.3. The van der Waals surface area contributed by atoms with Crippen LogP contribution >= 0.6 is 0 Å². The molecule has 5 aliphatic heterocycles. The Morgan fingerprint density at radius 2 is 1.96 bits per heavy atom. The van der Waals surface area contributed by atoms with Crippen LogP contribution in [0.3, 0.4) is 0 Å². The normalized spacial score (nSPS) is 47.3. The number of halogens is 2. The number of ether oxygens (including phenoxy) is 3. The molecule has 0 aromatic heterocycles. The molecule has 7 atom stereocenters. The Hall–Kier alpha value is -0.990. The van der Waals surface area contributed by atoms with Crippen LogP contribution in [0.25, 0.3) is 0 Å². The van der Waals surface area contributed by atoms with Crippen molar-refractivity contribution in [3.05, 3.63) is 0 Å². The second-order valence-electron chi connectivity index (χ2n) is 7.63. The van der Waals surface area contributed by atoms with E-state index in [2.05, 4.69) is 41.2 Å². The van der Waals surface area contributed by atoms with Gasteiger partial charge in [-0.05, 0) is 19.3 Å². The van der Waals surface area contributed by atoms with Crippen molar-refractivity contribution in [2.75, 3.05) is 19.8 Å². The van der Waals surface area contributed by atoms with Crippen LogP contribution in [0.1, 0.15) is 19.3 Å². The third-order valence-corrected chi connectivity index (χ3v) is 5.88. The van der Waals surface area contributed by atoms with Gasteiger partial charge in [0.25, 0.3) is 0 Å². The van der Waals surface area contributed by atoms with Gasteiger partial charge >= 0.3 is 12.3 Å². The Kier molecular flexibility index (Phi) is 4.56. The maximum absolute atomic E-state index is 13.3. The van der Waals surface area contributed by atoms with Crippen LogP contribution in [-0.4, -0.2) is 79.8 Å². The summed E-state index contributed by atoms with van der Waals surface area (Å²) in [5, 5.41) is 9.34. The largest absolute Gasteiger partial charge is 0.487 e. The Morgan fingerprint density at radius 3 is 2.70 bits per heavy atom. The Balaban J connectivity index is 1.19. The third-order valence-electron chi connectivity index (χ3n) is 5.88. The van der Waals surface area contributed by atoms with E-state index in [0.29, 0.717) is 0 Å². The van der Waals surface area contributed by atoms with Gasteiger partial charge in [-0.3, -0.25) is 29.8 Å². The Bertz CT molecular complexity index is 587. The molecular formula is C15H24F2N6O4. The van der Waals surface area contributed by atoms with E-state index >= 15 is 0 Å². The number of carbonyl (C=O) groups is 1. The molecule has 5 rings (SSSR count). The Labute approximate surface area is 154 Å². The minimum atomic E-state index is -3.63. The number of fused-ring (bicyclic) bond motifs is 2. The van der Waals surface area contributed by atoms with Gasteiger partial charge < -0.3 is 10.1 Å². The number of nitrogens with zero attached hydrogens (tertiary/aromatic N) is 1. The molecule has 0 amide bonds. The van der Waals surface area contributed by atoms with E-state index in [9.17, 15) is 13.6 Å². The number of alkyl halides is 2. The standard InChI is InChI=1S/C15H24F2N6O4/c16-15(17)26-9-5-8-11(20-13(9)27-15)14(24)25-12(19-8)7-1-2-10(22-21-7)23-4-3-18-6-23/h7-13,18-22H,1-6H2. The predicted octanol–water partition coefficient (Wildman–Crippen LogP) is -2.07. The quantitative estimate of drug-likeness (QED) is 0.338. The van der Waals surface area contributed by atoms with Gasteiger partial charge in [-0.1, -0.05) is 0 Å². The molecule has 0 aliphatic carbocycles. The SMILES string of the molecule is O=C1OC(C2CCC(N3CCNC3)NN2)NC2CC3OC(F)(F)OC3NC12. The average molecular weight is 390 g/mol. The van der Waals surface area contributed by atoms with Crippen molar-refractivity contribution in [2.45, 2.75) is 68.4 Å². The molecule has 0 saturated carbocycles. The molecule has 10 nitrogen and oxygen atoms in total. The van der Waals surface area contributed by atoms with Crippen molar-refractivity contribution < 1.29 is 27.8 Å². The molecule has 5 heterocycles. The number of rotatable bonds is 2. The van der Waals surface area contributed by atoms with Gasteiger partial charge in [0, 0.05) is 25.8 Å². The first-order chi connectivity index (χ1) is 13.0. The molecule has 0 radical (unpaired) electrons. The highest BCUT2D eigenvalue weighted by Gasteiger charge is 2.56. The fourth-order valence-electron chi connectivity index (χ4n) is 4.50. The lowest BCUT2D eigenvalue weighted by molar-refractivity contribution is -0.351. The van der Waals surface area contributed by atoms with E-state index in [0.717, 1.165) is 32.6 Å². The second kappa shape index (κ2) is 6.81. The molecule has 5 aliphatic rings. The summed E-state index contributed by atoms with van der Waals surface area (Å²) >= 11 is 0. The summed E-state index contributed by atoms with van der Waals surface area (Å²) in [5.74, 6) is -0.464. The van der Waals surface area contributed by atoms with Crippen LogP contribution in [0, 0.1) is 0 Å². The second-order valence-corrected chi connectivity index (χ2v) is 7.63. The van der Waals surface area contributed by atoms with Crippen molar-refractivity contribution in [3.63, 3.8) is 0 Å². The number of hydrogen-bond donors (Lipinski definition) is 5. The molecule has 5 fully saturated rings. The van der Waals surface area contributed by atoms with Gasteiger partial charge in [0.2, 0.25) is 0 Å². The highest BCUT2D eigenvalue weighted by molar-refractivity contribution is 5.78. The average Bonchev–Trinajstić information content (AvgIpc) is 3.26. The number of hydrogen-bond acceptors (Lipinski definition) is 10. The molecular weight excluding hydrogens is 366 g/mol. The van der Waals surface area contributed by atoms with Gasteiger partial charge in [-0.25, -0.2) is 10.9 Å². The van der Waals surface area contributed by atoms with Crippen LogP contribution in [0.4, 0.5) is 8.78 Å². The third kappa shape index (κ3) is 3.44. The van der Waals surface area contributed by atoms with Crippen LogP contribution in [0.5, 0.6) is 0 Å². The lowest BCUT2D eigenvalue weighted by Crippen LogP contribution is -2.72. The fraction of sp³-hybridized carbons (Fsp3) is 0.933. The number of piperidine rings is 1. The Morgan fingerprint density at radius 1 is 1.07 bits per heavy atom. The summed E-state index contributed by atoms with van der Waals surface area (Å²) in [5.41, 5.74) is 6.52. The molecule has 27 heavy (non-hydrogen) atoms. The minimum Gasteiger partial charge on any atom is -0.444 e. The van der Waals surface area contributed by atoms with Gasteiger partial charge in [0.05, 0.1) is 12.2 Å². The number of carbonyl (C=O) groups excluding carboxylic acids is 1. The van der Waals surface area contributed by atoms with Crippen molar-refractivity contribution in [1.29, 1.82) is 0 Å². The molecule has 0 aromatic rings. The maximum Gasteiger partial charge on any atom is 0.487 e. The van der Waals surface area contributed by atoms with E-state index in [1.165, 1.54) is 0 Å². The highest BCUT2D eigenvalue weighted by Crippen LogP contribution is 2.36. The van der Waals surface area contributed by atoms with Crippen LogP contribution in [0.2, 0.25) is 0 Å². The lowest BCUT2D eigenvalue weighted by atomic mass is 9.92. The van der Waals surface area contributed by atoms with E-state index in [1.807, 2.05) is 0 Å². The summed E-state index contributed by atoms with van der Waals surface area (Å²) in [6.45, 7) is 2.82. The number of hydrazine groups is 1. The molecule has 7 unspecified atom stereocenters. The van der Waals surface area contributed by atoms with Gasteiger partial charge in [-0.15, -0.1) is 8.78 Å². The summed E-state index contributed by atoms with van der Waals surface area (Å²) < 4.78 is 41.3. The first-order valence-corrected chi connectivity index (χ1v) is 9.40. The molecule has 0 spiro atoms. The molecule has 0 bridgehead atoms. The van der Waals surface area contributed by atoms with Gasteiger partial charge in [0.1, 0.15) is 18.4 Å². The predicted molar refractivity (Wildman–Crippen MR) is 85.7 cm³/mol. The van der Waals surface area contributed by atoms with E-state index in [1.54, 1.807) is 0 Å². The topological polar surface area (TPSA) is 108 Å². The molecule has 152 valence electrons. The smallest absolute Gasteiger partial charge is 0.444 e. The summed E-state index contributed by atoms with van der Waals surface area (Å²) in [6.07, 6.45) is -3.81. The molecule has 0 aromatic carbocycles. The first kappa shape index (κ1) is 18.1. The molecule has 12 heteroatoms. The zero-order valence-corrected chi connectivity index (χ0v) is 14.6. The highest BCUT2D eigenvalue weighted by atomic mass is 19.3. The number of esters is 1. The summed E-state index contributed by atoms with van der Waals surface area (Å²) in [6, 6.07) is -1.21. The van der Waals surface area contributed by atoms with Crippen LogP contribution in [-0.2, 0) is 19.0 Å². The van der Waals surface area contributed by atoms with Crippen LogP contribution < -0.4 is 26.8 Å². The number of cyclic esters (lactones) is 1. The van der Waals surface area contributed by atoms with E-state index in [-0.39, 0.29) is 24.7 Å². The van der Waals surface area contributed by atoms with Crippen LogP contribution in [0.15, 0.2) is 0 Å². The molecule has 5 N–H and O–H groups in total. The minimum absolute atomic E-state index is 0.110. The van der Waals surface area contributed by atoms with E-state index in [4.69, 9.17) is 4.74 Å². The number of nitrogens with one attached hydrogen (secondary N) is 5. The summed E-state index contributed by atoms with van der Waals surface area (Å²) in [7, 11) is 0.